The number of hydrogen-bond donors (Lipinski definition) is 2. The smallest absolute Gasteiger partial charge is 0.256 e. The predicted molar refractivity (Wildman–Crippen MR) is 106 cm³/mol. The average Bonchev–Trinajstić information content (AvgIpc) is 2.65. The molecule has 0 unspecified atom stereocenters. The van der Waals surface area contributed by atoms with Crippen molar-refractivity contribution in [3.63, 3.8) is 0 Å². The number of hydrogen-bond acceptors (Lipinski definition) is 5. The van der Waals surface area contributed by atoms with Gasteiger partial charge in [0.05, 0.1) is 11.9 Å². The minimum atomic E-state index is -0.811. The van der Waals surface area contributed by atoms with E-state index in [2.05, 4.69) is 15.6 Å². The number of pyridine rings is 1. The molecule has 6 nitrogen and oxygen atoms in total. The molecule has 0 saturated carbocycles. The highest BCUT2D eigenvalue weighted by Crippen LogP contribution is 2.25. The first-order chi connectivity index (χ1) is 12.1. The van der Waals surface area contributed by atoms with Gasteiger partial charge in [-0.2, -0.15) is 0 Å². The van der Waals surface area contributed by atoms with Gasteiger partial charge in [0.25, 0.3) is 5.91 Å². The minimum absolute atomic E-state index is 0. The first-order valence-electron chi connectivity index (χ1n) is 8.08. The first-order valence-corrected chi connectivity index (χ1v) is 8.08. The standard InChI is InChI=1S/C18H20FN3O3.2ClH/c1-24-18(8-10-20-11-9-18)17(23)22-14-4-7-16(21-12-14)25-15-5-2-13(19)3-6-15;;/h2-7,12,20H,8-11H2,1H3,(H,22,23);2*1H. The molecule has 0 radical (unpaired) electrons. The van der Waals surface area contributed by atoms with Crippen LogP contribution in [0.4, 0.5) is 10.1 Å². The van der Waals surface area contributed by atoms with Crippen molar-refractivity contribution in [2.24, 2.45) is 0 Å². The van der Waals surface area contributed by atoms with Gasteiger partial charge < -0.3 is 20.1 Å². The highest BCUT2D eigenvalue weighted by molar-refractivity contribution is 5.97. The minimum Gasteiger partial charge on any atom is -0.439 e. The number of nitrogens with zero attached hydrogens (tertiary/aromatic N) is 1. The zero-order chi connectivity index (χ0) is 17.7. The van der Waals surface area contributed by atoms with Gasteiger partial charge in [-0.1, -0.05) is 0 Å². The summed E-state index contributed by atoms with van der Waals surface area (Å²) in [6.07, 6.45) is 2.75. The van der Waals surface area contributed by atoms with Crippen molar-refractivity contribution in [2.45, 2.75) is 18.4 Å². The molecule has 9 heteroatoms. The molecule has 1 aliphatic rings. The summed E-state index contributed by atoms with van der Waals surface area (Å²) in [5.41, 5.74) is -0.249. The maximum atomic E-state index is 12.9. The van der Waals surface area contributed by atoms with Crippen LogP contribution in [0.3, 0.4) is 0 Å². The Kier molecular flexibility index (Phi) is 8.92. The van der Waals surface area contributed by atoms with Gasteiger partial charge in [0.15, 0.2) is 0 Å². The van der Waals surface area contributed by atoms with Gasteiger partial charge in [0.2, 0.25) is 5.88 Å². The summed E-state index contributed by atoms with van der Waals surface area (Å²) in [5, 5.41) is 6.06. The fraction of sp³-hybridized carbons (Fsp3) is 0.333. The number of anilines is 1. The van der Waals surface area contributed by atoms with Gasteiger partial charge in [0.1, 0.15) is 17.2 Å². The SMILES string of the molecule is COC1(C(=O)Nc2ccc(Oc3ccc(F)cc3)nc2)CCNCC1.Cl.Cl. The van der Waals surface area contributed by atoms with Crippen LogP contribution in [0.1, 0.15) is 12.8 Å². The molecule has 1 amide bonds. The van der Waals surface area contributed by atoms with Gasteiger partial charge >= 0.3 is 0 Å². The third-order valence-corrected chi connectivity index (χ3v) is 4.25. The Balaban J connectivity index is 0.00000182. The van der Waals surface area contributed by atoms with E-state index >= 15 is 0 Å². The topological polar surface area (TPSA) is 72.5 Å². The fourth-order valence-electron chi connectivity index (χ4n) is 2.74. The average molecular weight is 418 g/mol. The van der Waals surface area contributed by atoms with Gasteiger partial charge in [0, 0.05) is 13.2 Å². The molecule has 2 heterocycles. The summed E-state index contributed by atoms with van der Waals surface area (Å²) >= 11 is 0. The third kappa shape index (κ3) is 5.77. The van der Waals surface area contributed by atoms with Crippen molar-refractivity contribution in [2.75, 3.05) is 25.5 Å². The first kappa shape index (κ1) is 23.1. The maximum absolute atomic E-state index is 12.9. The molecule has 1 fully saturated rings. The van der Waals surface area contributed by atoms with Gasteiger partial charge in [-0.05, 0) is 56.3 Å². The van der Waals surface area contributed by atoms with Gasteiger partial charge in [-0.15, -0.1) is 24.8 Å². The van der Waals surface area contributed by atoms with E-state index in [1.165, 1.54) is 30.5 Å². The largest absolute Gasteiger partial charge is 0.439 e. The zero-order valence-electron chi connectivity index (χ0n) is 14.7. The van der Waals surface area contributed by atoms with E-state index in [-0.39, 0.29) is 36.5 Å². The lowest BCUT2D eigenvalue weighted by molar-refractivity contribution is -0.140. The van der Waals surface area contributed by atoms with Crippen molar-refractivity contribution >= 4 is 36.4 Å². The molecule has 1 saturated heterocycles. The van der Waals surface area contributed by atoms with Gasteiger partial charge in [-0.25, -0.2) is 9.37 Å². The second-order valence-electron chi connectivity index (χ2n) is 5.84. The Morgan fingerprint density at radius 2 is 1.81 bits per heavy atom. The van der Waals surface area contributed by atoms with Crippen LogP contribution in [0.2, 0.25) is 0 Å². The van der Waals surface area contributed by atoms with Crippen LogP contribution < -0.4 is 15.4 Å². The summed E-state index contributed by atoms with van der Waals surface area (Å²) in [5.74, 6) is 0.334. The van der Waals surface area contributed by atoms with Crippen LogP contribution >= 0.6 is 24.8 Å². The van der Waals surface area contributed by atoms with Crippen molar-refractivity contribution in [1.82, 2.24) is 10.3 Å². The second kappa shape index (κ2) is 10.4. The Morgan fingerprint density at radius 3 is 2.37 bits per heavy atom. The Bertz CT molecular complexity index is 724. The molecule has 1 aromatic carbocycles. The third-order valence-electron chi connectivity index (χ3n) is 4.25. The number of methoxy groups -OCH3 is 1. The number of halogens is 3. The number of ether oxygens (including phenoxy) is 2. The quantitative estimate of drug-likeness (QED) is 0.777. The number of piperidine rings is 1. The monoisotopic (exact) mass is 417 g/mol. The highest BCUT2D eigenvalue weighted by Gasteiger charge is 2.39. The Hall–Kier alpha value is -1.93. The lowest BCUT2D eigenvalue weighted by Crippen LogP contribution is -2.51. The van der Waals surface area contributed by atoms with Crippen LogP contribution in [-0.2, 0) is 9.53 Å². The van der Waals surface area contributed by atoms with Crippen molar-refractivity contribution in [3.8, 4) is 11.6 Å². The van der Waals surface area contributed by atoms with Crippen LogP contribution in [0.15, 0.2) is 42.6 Å². The number of nitrogens with one attached hydrogen (secondary N) is 2. The number of rotatable bonds is 5. The Labute approximate surface area is 169 Å². The van der Waals surface area contributed by atoms with E-state index < -0.39 is 5.60 Å². The van der Waals surface area contributed by atoms with E-state index in [1.54, 1.807) is 19.2 Å². The molecule has 2 aromatic rings. The van der Waals surface area contributed by atoms with Crippen molar-refractivity contribution in [1.29, 1.82) is 0 Å². The molecule has 0 atom stereocenters. The molecule has 148 valence electrons. The molecule has 1 aromatic heterocycles. The molecular formula is C18H22Cl2FN3O3. The number of benzene rings is 1. The number of carbonyl (C=O) groups is 1. The molecule has 2 N–H and O–H groups in total. The van der Waals surface area contributed by atoms with Crippen molar-refractivity contribution in [3.05, 3.63) is 48.4 Å². The zero-order valence-corrected chi connectivity index (χ0v) is 16.4. The molecule has 0 aliphatic carbocycles. The maximum Gasteiger partial charge on any atom is 0.256 e. The van der Waals surface area contributed by atoms with Gasteiger partial charge in [-0.3, -0.25) is 4.79 Å². The lowest BCUT2D eigenvalue weighted by Gasteiger charge is -2.34. The summed E-state index contributed by atoms with van der Waals surface area (Å²) < 4.78 is 23.9. The van der Waals surface area contributed by atoms with Crippen LogP contribution in [0.25, 0.3) is 0 Å². The van der Waals surface area contributed by atoms with E-state index in [1.807, 2.05) is 0 Å². The highest BCUT2D eigenvalue weighted by atomic mass is 35.5. The molecule has 27 heavy (non-hydrogen) atoms. The summed E-state index contributed by atoms with van der Waals surface area (Å²) in [6, 6.07) is 9.01. The molecule has 0 bridgehead atoms. The van der Waals surface area contributed by atoms with Crippen molar-refractivity contribution < 1.29 is 18.7 Å². The second-order valence-corrected chi connectivity index (χ2v) is 5.84. The molecule has 3 rings (SSSR count). The fourth-order valence-corrected chi connectivity index (χ4v) is 2.74. The van der Waals surface area contributed by atoms with Crippen LogP contribution in [-0.4, -0.2) is 36.7 Å². The number of carbonyl (C=O) groups excluding carboxylic acids is 1. The van der Waals surface area contributed by atoms with E-state index in [0.29, 0.717) is 30.2 Å². The van der Waals surface area contributed by atoms with E-state index in [9.17, 15) is 9.18 Å². The summed E-state index contributed by atoms with van der Waals surface area (Å²) in [7, 11) is 1.56. The van der Waals surface area contributed by atoms with E-state index in [0.717, 1.165) is 13.1 Å². The lowest BCUT2D eigenvalue weighted by atomic mass is 9.91. The predicted octanol–water partition coefficient (Wildman–Crippen LogP) is 3.56. The number of aromatic nitrogens is 1. The molecule has 0 spiro atoms. The van der Waals surface area contributed by atoms with E-state index in [4.69, 9.17) is 9.47 Å². The summed E-state index contributed by atoms with van der Waals surface area (Å²) in [4.78, 5) is 16.7. The van der Waals surface area contributed by atoms with Crippen LogP contribution in [0, 0.1) is 5.82 Å². The normalized spacial score (nSPS) is 15.0. The molecule has 1 aliphatic heterocycles. The Morgan fingerprint density at radius 1 is 1.15 bits per heavy atom. The molecular weight excluding hydrogens is 396 g/mol. The number of amides is 1. The van der Waals surface area contributed by atoms with Crippen LogP contribution in [0.5, 0.6) is 11.6 Å². The summed E-state index contributed by atoms with van der Waals surface area (Å²) in [6.45, 7) is 1.48.